The molecule has 0 unspecified atom stereocenters. The van der Waals surface area contributed by atoms with Crippen molar-refractivity contribution < 1.29 is 34.8 Å². The normalized spacial score (nSPS) is 8.29. The fourth-order valence-electron chi connectivity index (χ4n) is 0.714. The van der Waals surface area contributed by atoms with Crippen LogP contribution in [0.1, 0.15) is 12.8 Å². The molecule has 17 heavy (non-hydrogen) atoms. The van der Waals surface area contributed by atoms with E-state index in [1.165, 1.54) is 0 Å². The molecular formula is C6H8Na4O7. The van der Waals surface area contributed by atoms with E-state index in [0.717, 1.165) is 0 Å². The minimum atomic E-state index is -2.74. The fraction of sp³-hybridized carbons (Fsp3) is 0.500. The first kappa shape index (κ1) is 31.7. The second kappa shape index (κ2) is 14.8. The molecule has 0 fully saturated rings. The Labute approximate surface area is 186 Å². The first-order valence-electron chi connectivity index (χ1n) is 3.17. The van der Waals surface area contributed by atoms with Crippen LogP contribution in [-0.4, -0.2) is 162 Å². The Hall–Kier alpha value is 2.37. The molecule has 0 saturated carbocycles. The van der Waals surface area contributed by atoms with Crippen molar-refractivity contribution in [1.29, 1.82) is 0 Å². The number of carbonyl (C=O) groups is 3. The van der Waals surface area contributed by atoms with Gasteiger partial charge < -0.3 is 20.4 Å². The number of carboxylic acids is 3. The van der Waals surface area contributed by atoms with Crippen LogP contribution >= 0.6 is 0 Å². The van der Waals surface area contributed by atoms with E-state index in [1.807, 2.05) is 0 Å². The predicted octanol–water partition coefficient (Wildman–Crippen LogP) is -2.77. The fourth-order valence-corrected chi connectivity index (χ4v) is 0.714. The number of hydrogen-bond acceptors (Lipinski definition) is 4. The molecular weight excluding hydrogens is 276 g/mol. The summed E-state index contributed by atoms with van der Waals surface area (Å²) in [5.41, 5.74) is -2.74. The summed E-state index contributed by atoms with van der Waals surface area (Å²) >= 11 is 0. The molecule has 4 radical (unpaired) electrons. The molecule has 0 amide bonds. The third-order valence-electron chi connectivity index (χ3n) is 1.29. The minimum absolute atomic E-state index is 0. The molecule has 0 aromatic heterocycles. The van der Waals surface area contributed by atoms with Crippen molar-refractivity contribution in [2.75, 3.05) is 0 Å². The van der Waals surface area contributed by atoms with Crippen LogP contribution in [0.5, 0.6) is 0 Å². The predicted molar refractivity (Wildman–Crippen MR) is 60.1 cm³/mol. The van der Waals surface area contributed by atoms with Crippen molar-refractivity contribution >= 4 is 136 Å². The van der Waals surface area contributed by atoms with Gasteiger partial charge in [0.25, 0.3) is 0 Å². The minimum Gasteiger partial charge on any atom is -0.481 e. The summed E-state index contributed by atoms with van der Waals surface area (Å²) in [6.45, 7) is 0. The van der Waals surface area contributed by atoms with Gasteiger partial charge in [-0.2, -0.15) is 0 Å². The zero-order valence-corrected chi connectivity index (χ0v) is 18.4. The van der Waals surface area contributed by atoms with E-state index in [2.05, 4.69) is 0 Å². The molecule has 0 aliphatic carbocycles. The number of hydrogen-bond donors (Lipinski definition) is 4. The Balaban J connectivity index is -0.000000120. The summed E-state index contributed by atoms with van der Waals surface area (Å²) in [6, 6.07) is 0. The van der Waals surface area contributed by atoms with E-state index in [0.29, 0.717) is 0 Å². The SMILES string of the molecule is O=C(O)CC(O)(CC(=O)O)C(=O)O.[Na].[Na].[Na].[Na]. The van der Waals surface area contributed by atoms with Crippen LogP contribution in [-0.2, 0) is 14.4 Å². The first-order valence-corrected chi connectivity index (χ1v) is 3.17. The molecule has 4 N–H and O–H groups in total. The molecule has 0 saturated heterocycles. The second-order valence-corrected chi connectivity index (χ2v) is 2.48. The Kier molecular flexibility index (Phi) is 27.5. The molecule has 0 atom stereocenters. The van der Waals surface area contributed by atoms with Crippen LogP contribution in [0.4, 0.5) is 0 Å². The summed E-state index contributed by atoms with van der Waals surface area (Å²) in [5, 5.41) is 33.8. The number of aliphatic carboxylic acids is 3. The molecule has 0 rings (SSSR count). The zero-order valence-electron chi connectivity index (χ0n) is 10.4. The summed E-state index contributed by atoms with van der Waals surface area (Å²) in [5.74, 6) is -5.02. The van der Waals surface area contributed by atoms with Gasteiger partial charge in [0.2, 0.25) is 0 Å². The van der Waals surface area contributed by atoms with Crippen molar-refractivity contribution in [1.82, 2.24) is 0 Å². The van der Waals surface area contributed by atoms with E-state index in [9.17, 15) is 14.4 Å². The molecule has 0 heterocycles. The summed E-state index contributed by atoms with van der Waals surface area (Å²) in [6.07, 6.45) is -2.29. The molecule has 7 nitrogen and oxygen atoms in total. The van der Waals surface area contributed by atoms with Crippen molar-refractivity contribution in [2.45, 2.75) is 18.4 Å². The van der Waals surface area contributed by atoms with Gasteiger partial charge in [-0.15, -0.1) is 0 Å². The molecule has 0 aliphatic heterocycles. The summed E-state index contributed by atoms with van der Waals surface area (Å²) in [4.78, 5) is 30.5. The van der Waals surface area contributed by atoms with Crippen LogP contribution in [0.15, 0.2) is 0 Å². The molecule has 11 heteroatoms. The number of rotatable bonds is 5. The smallest absolute Gasteiger partial charge is 0.336 e. The maximum absolute atomic E-state index is 10.3. The topological polar surface area (TPSA) is 132 Å². The monoisotopic (exact) mass is 284 g/mol. The van der Waals surface area contributed by atoms with Gasteiger partial charge >= 0.3 is 17.9 Å². The van der Waals surface area contributed by atoms with Crippen LogP contribution in [0, 0.1) is 0 Å². The van der Waals surface area contributed by atoms with Gasteiger partial charge in [-0.25, -0.2) is 4.79 Å². The Morgan fingerprint density at radius 1 is 0.765 bits per heavy atom. The van der Waals surface area contributed by atoms with Gasteiger partial charge in [0.05, 0.1) is 12.8 Å². The quantitative estimate of drug-likeness (QED) is 0.402. The molecule has 0 spiro atoms. The maximum Gasteiger partial charge on any atom is 0.336 e. The van der Waals surface area contributed by atoms with E-state index in [1.54, 1.807) is 0 Å². The van der Waals surface area contributed by atoms with Crippen molar-refractivity contribution in [3.63, 3.8) is 0 Å². The second-order valence-electron chi connectivity index (χ2n) is 2.48. The van der Waals surface area contributed by atoms with Crippen molar-refractivity contribution in [3.05, 3.63) is 0 Å². The van der Waals surface area contributed by atoms with Gasteiger partial charge in [0.15, 0.2) is 5.60 Å². The third-order valence-corrected chi connectivity index (χ3v) is 1.29. The standard InChI is InChI=1S/C6H8O7.4Na/c7-3(8)1-6(13,5(11)12)2-4(9)10;;;;/h13H,1-2H2,(H,7,8)(H,9,10)(H,11,12);;;;. The van der Waals surface area contributed by atoms with Gasteiger partial charge in [-0.1, -0.05) is 0 Å². The van der Waals surface area contributed by atoms with Gasteiger partial charge in [0.1, 0.15) is 0 Å². The summed E-state index contributed by atoms with van der Waals surface area (Å²) in [7, 11) is 0. The van der Waals surface area contributed by atoms with E-state index in [4.69, 9.17) is 20.4 Å². The molecule has 0 bridgehead atoms. The van der Waals surface area contributed by atoms with E-state index < -0.39 is 36.4 Å². The number of aliphatic hydroxyl groups is 1. The van der Waals surface area contributed by atoms with E-state index in [-0.39, 0.29) is 118 Å². The Bertz CT molecular complexity index is 241. The van der Waals surface area contributed by atoms with Crippen molar-refractivity contribution in [2.24, 2.45) is 0 Å². The molecule has 78 valence electrons. The summed E-state index contributed by atoms with van der Waals surface area (Å²) < 4.78 is 0. The zero-order chi connectivity index (χ0) is 10.6. The third kappa shape index (κ3) is 14.6. The van der Waals surface area contributed by atoms with Crippen LogP contribution < -0.4 is 0 Å². The Morgan fingerprint density at radius 2 is 1.00 bits per heavy atom. The number of carboxylic acid groups (broad SMARTS) is 3. The van der Waals surface area contributed by atoms with E-state index >= 15 is 0 Å². The van der Waals surface area contributed by atoms with Crippen LogP contribution in [0.2, 0.25) is 0 Å². The van der Waals surface area contributed by atoms with Crippen LogP contribution in [0.25, 0.3) is 0 Å². The average Bonchev–Trinajstić information content (AvgIpc) is 1.82. The van der Waals surface area contributed by atoms with Gasteiger partial charge in [0, 0.05) is 118 Å². The largest absolute Gasteiger partial charge is 0.481 e. The average molecular weight is 284 g/mol. The van der Waals surface area contributed by atoms with Crippen molar-refractivity contribution in [3.8, 4) is 0 Å². The molecule has 0 aromatic rings. The molecule has 0 aromatic carbocycles. The maximum atomic E-state index is 10.3. The molecule has 0 aliphatic rings. The van der Waals surface area contributed by atoms with Gasteiger partial charge in [-0.3, -0.25) is 9.59 Å². The van der Waals surface area contributed by atoms with Gasteiger partial charge in [-0.05, 0) is 0 Å². The van der Waals surface area contributed by atoms with Crippen LogP contribution in [0.3, 0.4) is 0 Å². The first-order chi connectivity index (χ1) is 5.78. The Morgan fingerprint density at radius 3 is 1.12 bits per heavy atom.